The van der Waals surface area contributed by atoms with Crippen LogP contribution in [0.2, 0.25) is 0 Å². The van der Waals surface area contributed by atoms with Crippen molar-refractivity contribution in [3.63, 3.8) is 0 Å². The third-order valence-corrected chi connectivity index (χ3v) is 8.16. The summed E-state index contributed by atoms with van der Waals surface area (Å²) in [7, 11) is 0. The molecule has 0 amide bonds. The highest BCUT2D eigenvalue weighted by atomic mass is 32.1. The van der Waals surface area contributed by atoms with E-state index in [2.05, 4.69) is 25.4 Å². The minimum absolute atomic E-state index is 0.297. The van der Waals surface area contributed by atoms with Gasteiger partial charge in [-0.15, -0.1) is 16.4 Å². The molecule has 208 valence electrons. The molecule has 6 aromatic rings. The molecule has 1 saturated heterocycles. The van der Waals surface area contributed by atoms with Crippen molar-refractivity contribution in [3.05, 3.63) is 83.8 Å². The number of nitrogens with zero attached hydrogens (tertiary/aromatic N) is 7. The number of halogens is 1. The fraction of sp³-hybridized carbons (Fsp3) is 0.250. The number of hydrogen-bond donors (Lipinski definition) is 3. The molecule has 41 heavy (non-hydrogen) atoms. The first-order chi connectivity index (χ1) is 19.9. The van der Waals surface area contributed by atoms with E-state index in [4.69, 9.17) is 4.74 Å². The third-order valence-electron chi connectivity index (χ3n) is 7.37. The third kappa shape index (κ3) is 4.38. The van der Waals surface area contributed by atoms with E-state index in [1.165, 1.54) is 28.3 Å². The molecule has 0 unspecified atom stereocenters. The zero-order chi connectivity index (χ0) is 28.2. The van der Waals surface area contributed by atoms with E-state index in [0.29, 0.717) is 39.4 Å². The maximum atomic E-state index is 14.8. The van der Waals surface area contributed by atoms with Crippen LogP contribution in [-0.2, 0) is 4.74 Å². The van der Waals surface area contributed by atoms with Crippen LogP contribution in [0.25, 0.3) is 37.9 Å². The molecule has 0 radical (unpaired) electrons. The molecule has 1 fully saturated rings. The fourth-order valence-electron chi connectivity index (χ4n) is 5.38. The highest BCUT2D eigenvalue weighted by molar-refractivity contribution is 7.16. The molecular formula is C28H24FN7O4S. The van der Waals surface area contributed by atoms with Gasteiger partial charge in [0.05, 0.1) is 34.2 Å². The Morgan fingerprint density at radius 1 is 1.07 bits per heavy atom. The van der Waals surface area contributed by atoms with Gasteiger partial charge in [0.25, 0.3) is 0 Å². The van der Waals surface area contributed by atoms with E-state index < -0.39 is 42.9 Å². The molecule has 4 heterocycles. The topological polar surface area (TPSA) is 144 Å². The van der Waals surface area contributed by atoms with Gasteiger partial charge in [-0.05, 0) is 42.6 Å². The van der Waals surface area contributed by atoms with Crippen LogP contribution in [0.5, 0.6) is 0 Å². The first kappa shape index (κ1) is 25.8. The Labute approximate surface area is 236 Å². The summed E-state index contributed by atoms with van der Waals surface area (Å²) in [5, 5.41) is 46.9. The number of hydrogen-bond acceptors (Lipinski definition) is 10. The summed E-state index contributed by atoms with van der Waals surface area (Å²) in [4.78, 5) is 8.86. The Morgan fingerprint density at radius 2 is 1.93 bits per heavy atom. The van der Waals surface area contributed by atoms with E-state index in [-0.39, 0.29) is 0 Å². The van der Waals surface area contributed by atoms with E-state index in [9.17, 15) is 19.7 Å². The average molecular weight is 574 g/mol. The smallest absolute Gasteiger partial charge is 0.164 e. The summed E-state index contributed by atoms with van der Waals surface area (Å²) in [5.74, 6) is 0.348. The molecule has 7 rings (SSSR count). The van der Waals surface area contributed by atoms with E-state index in [1.54, 1.807) is 41.4 Å². The minimum Gasteiger partial charge on any atom is -0.394 e. The van der Waals surface area contributed by atoms with Gasteiger partial charge in [-0.25, -0.2) is 23.7 Å². The minimum atomic E-state index is -1.36. The lowest BCUT2D eigenvalue weighted by Crippen LogP contribution is -2.53. The summed E-state index contributed by atoms with van der Waals surface area (Å²) in [6, 6.07) is 14.8. The Balaban J connectivity index is 1.27. The number of aliphatic hydroxyl groups excluding tert-OH is 3. The molecule has 1 aliphatic rings. The van der Waals surface area contributed by atoms with Crippen LogP contribution >= 0.6 is 11.3 Å². The molecule has 5 atom stereocenters. The zero-order valence-electron chi connectivity index (χ0n) is 21.6. The van der Waals surface area contributed by atoms with Crippen molar-refractivity contribution in [2.75, 3.05) is 6.61 Å². The second kappa shape index (κ2) is 10.0. The van der Waals surface area contributed by atoms with Crippen molar-refractivity contribution in [1.82, 2.24) is 34.7 Å². The number of rotatable bonds is 5. The second-order valence-electron chi connectivity index (χ2n) is 9.95. The van der Waals surface area contributed by atoms with Crippen LogP contribution in [-0.4, -0.2) is 75.0 Å². The van der Waals surface area contributed by atoms with Crippen LogP contribution in [0.4, 0.5) is 4.39 Å². The first-order valence-corrected chi connectivity index (χ1v) is 13.8. The summed E-state index contributed by atoms with van der Waals surface area (Å²) < 4.78 is 24.7. The highest BCUT2D eigenvalue weighted by Crippen LogP contribution is 2.39. The molecular weight excluding hydrogens is 549 g/mol. The van der Waals surface area contributed by atoms with Crippen LogP contribution in [0.15, 0.2) is 66.3 Å². The van der Waals surface area contributed by atoms with Gasteiger partial charge < -0.3 is 20.1 Å². The Hall–Kier alpha value is -4.14. The highest BCUT2D eigenvalue weighted by Gasteiger charge is 2.48. The van der Waals surface area contributed by atoms with Crippen molar-refractivity contribution < 1.29 is 24.4 Å². The second-order valence-corrected chi connectivity index (χ2v) is 10.8. The Morgan fingerprint density at radius 3 is 2.78 bits per heavy atom. The molecule has 3 aromatic carbocycles. The van der Waals surface area contributed by atoms with Crippen molar-refractivity contribution >= 4 is 32.3 Å². The first-order valence-electron chi connectivity index (χ1n) is 12.9. The number of aromatic nitrogens is 7. The zero-order valence-corrected chi connectivity index (χ0v) is 22.4. The van der Waals surface area contributed by atoms with Crippen LogP contribution in [0.1, 0.15) is 23.8 Å². The summed E-state index contributed by atoms with van der Waals surface area (Å²) >= 11 is 1.49. The molecule has 3 aromatic heterocycles. The molecule has 0 spiro atoms. The number of fused-ring (bicyclic) bond motifs is 2. The molecule has 0 bridgehead atoms. The number of thiazole rings is 1. The van der Waals surface area contributed by atoms with Gasteiger partial charge in [-0.2, -0.15) is 5.10 Å². The lowest BCUT2D eigenvalue weighted by Gasteiger charge is -2.41. The van der Waals surface area contributed by atoms with Gasteiger partial charge in [0.1, 0.15) is 47.8 Å². The lowest BCUT2D eigenvalue weighted by molar-refractivity contribution is -0.210. The lowest BCUT2D eigenvalue weighted by atomic mass is 9.92. The Bertz CT molecular complexity index is 1890. The van der Waals surface area contributed by atoms with E-state index in [0.717, 1.165) is 10.2 Å². The van der Waals surface area contributed by atoms with Gasteiger partial charge in [-0.1, -0.05) is 29.5 Å². The van der Waals surface area contributed by atoms with Gasteiger partial charge in [-0.3, -0.25) is 0 Å². The summed E-state index contributed by atoms with van der Waals surface area (Å²) in [5.41, 5.74) is 4.15. The van der Waals surface area contributed by atoms with Crippen LogP contribution in [0.3, 0.4) is 0 Å². The van der Waals surface area contributed by atoms with Crippen molar-refractivity contribution in [3.8, 4) is 16.9 Å². The van der Waals surface area contributed by atoms with Gasteiger partial charge in [0, 0.05) is 10.9 Å². The molecule has 11 nitrogen and oxygen atoms in total. The van der Waals surface area contributed by atoms with Gasteiger partial charge >= 0.3 is 0 Å². The monoisotopic (exact) mass is 573 g/mol. The van der Waals surface area contributed by atoms with Crippen molar-refractivity contribution in [2.24, 2.45) is 0 Å². The Kier molecular flexibility index (Phi) is 6.32. The predicted octanol–water partition coefficient (Wildman–Crippen LogP) is 3.13. The van der Waals surface area contributed by atoms with Gasteiger partial charge in [0.2, 0.25) is 0 Å². The predicted molar refractivity (Wildman–Crippen MR) is 148 cm³/mol. The van der Waals surface area contributed by atoms with E-state index >= 15 is 0 Å². The van der Waals surface area contributed by atoms with Crippen LogP contribution < -0.4 is 0 Å². The van der Waals surface area contributed by atoms with Crippen LogP contribution in [0, 0.1) is 12.7 Å². The maximum Gasteiger partial charge on any atom is 0.164 e. The molecule has 0 aliphatic carbocycles. The van der Waals surface area contributed by atoms with Crippen molar-refractivity contribution in [2.45, 2.75) is 37.4 Å². The summed E-state index contributed by atoms with van der Waals surface area (Å²) in [6.07, 6.45) is -3.30. The maximum absolute atomic E-state index is 14.8. The standard InChI is InChI=1S/C28H24FN7O4S/c1-14-31-28(36(33-14)17-6-7-20-23(10-17)41-13-30-20)27-26(39)24(25(38)22(12-37)40-27)35-11-21(32-34-35)16-8-15-4-2-3-5-18(15)19(29)9-16/h2-11,13,22,24-27,37-39H,12H2,1H3/t22-,24+,25+,26-,27-/m1/s1. The quantitative estimate of drug-likeness (QED) is 0.283. The number of benzene rings is 3. The number of aliphatic hydroxyl groups is 3. The SMILES string of the molecule is Cc1nc([C@@H]2O[C@H](CO)[C@H](O)[C@H](n3cc(-c4cc(F)c5ccccc5c4)nn3)[C@H]2O)n(-c2ccc3ncsc3c2)n1. The van der Waals surface area contributed by atoms with E-state index in [1.807, 2.05) is 24.3 Å². The summed E-state index contributed by atoms with van der Waals surface area (Å²) in [6.45, 7) is 1.21. The largest absolute Gasteiger partial charge is 0.394 e. The average Bonchev–Trinajstić information content (AvgIpc) is 3.73. The number of aryl methyl sites for hydroxylation is 1. The van der Waals surface area contributed by atoms with Crippen molar-refractivity contribution in [1.29, 1.82) is 0 Å². The van der Waals surface area contributed by atoms with Gasteiger partial charge in [0.15, 0.2) is 5.82 Å². The fourth-order valence-corrected chi connectivity index (χ4v) is 6.09. The molecule has 1 aliphatic heterocycles. The normalized spacial score (nSPS) is 23.0. The molecule has 3 N–H and O–H groups in total. The number of ether oxygens (including phenoxy) is 1. The molecule has 0 saturated carbocycles. The molecule has 13 heteroatoms.